The minimum absolute atomic E-state index is 0. The Morgan fingerprint density at radius 3 is 2.62 bits per heavy atom. The van der Waals surface area contributed by atoms with Crippen molar-refractivity contribution in [3.8, 4) is 5.75 Å². The molecule has 6 heteroatoms. The van der Waals surface area contributed by atoms with E-state index in [-0.39, 0.29) is 18.2 Å². The monoisotopic (exact) mass is 368 g/mol. The van der Waals surface area contributed by atoms with Crippen molar-refractivity contribution < 1.29 is 5.11 Å². The molecule has 0 radical (unpaired) electrons. The number of phenolic OH excluding ortho intramolecular Hbond substituents is 1. The van der Waals surface area contributed by atoms with Gasteiger partial charge in [0, 0.05) is 29.6 Å². The lowest BCUT2D eigenvalue weighted by molar-refractivity contribution is 0.475. The van der Waals surface area contributed by atoms with Gasteiger partial charge in [-0.25, -0.2) is 4.98 Å². The molecule has 5 nitrogen and oxygen atoms in total. The maximum atomic E-state index is 10.1. The smallest absolute Gasteiger partial charge is 0.152 e. The van der Waals surface area contributed by atoms with Gasteiger partial charge in [0.15, 0.2) is 5.82 Å². The van der Waals surface area contributed by atoms with Gasteiger partial charge >= 0.3 is 0 Å². The molecule has 0 aliphatic carbocycles. The number of halogens is 1. The van der Waals surface area contributed by atoms with E-state index in [1.807, 2.05) is 42.1 Å². The van der Waals surface area contributed by atoms with Crippen molar-refractivity contribution in [2.45, 2.75) is 26.3 Å². The van der Waals surface area contributed by atoms with E-state index in [0.717, 1.165) is 41.2 Å². The van der Waals surface area contributed by atoms with Gasteiger partial charge in [-0.2, -0.15) is 5.10 Å². The lowest BCUT2D eigenvalue weighted by Gasteiger charge is -2.09. The van der Waals surface area contributed by atoms with Gasteiger partial charge in [-0.15, -0.1) is 12.4 Å². The lowest BCUT2D eigenvalue weighted by Crippen LogP contribution is -1.98. The van der Waals surface area contributed by atoms with Crippen molar-refractivity contribution in [1.82, 2.24) is 14.8 Å². The first-order valence-electron chi connectivity index (χ1n) is 8.48. The van der Waals surface area contributed by atoms with Gasteiger partial charge in [-0.05, 0) is 37.0 Å². The first kappa shape index (κ1) is 18.0. The summed E-state index contributed by atoms with van der Waals surface area (Å²) in [6.07, 6.45) is 3.72. The third-order valence-electron chi connectivity index (χ3n) is 4.55. The van der Waals surface area contributed by atoms with Crippen LogP contribution in [0.1, 0.15) is 18.1 Å². The summed E-state index contributed by atoms with van der Waals surface area (Å²) in [6.45, 7) is 2.81. The maximum absolute atomic E-state index is 10.1. The highest BCUT2D eigenvalue weighted by atomic mass is 35.5. The zero-order valence-electron chi connectivity index (χ0n) is 14.5. The number of anilines is 1. The summed E-state index contributed by atoms with van der Waals surface area (Å²) in [5, 5.41) is 16.7. The molecule has 0 amide bonds. The van der Waals surface area contributed by atoms with E-state index in [1.165, 1.54) is 5.56 Å². The second kappa shape index (κ2) is 7.22. The Bertz CT molecular complexity index is 1060. The normalized spacial score (nSPS) is 11.0. The molecule has 2 aromatic carbocycles. The van der Waals surface area contributed by atoms with E-state index in [0.29, 0.717) is 11.3 Å². The number of aromatic nitrogens is 3. The molecule has 0 unspecified atom stereocenters. The Morgan fingerprint density at radius 2 is 1.88 bits per heavy atom. The van der Waals surface area contributed by atoms with Gasteiger partial charge < -0.3 is 10.8 Å². The molecule has 2 heterocycles. The molecule has 0 atom stereocenters. The van der Waals surface area contributed by atoms with Crippen LogP contribution in [0.5, 0.6) is 5.75 Å². The molecule has 0 spiro atoms. The number of benzene rings is 2. The Hall–Kier alpha value is -2.79. The highest BCUT2D eigenvalue weighted by Gasteiger charge is 2.15. The van der Waals surface area contributed by atoms with Gasteiger partial charge in [-0.1, -0.05) is 30.3 Å². The predicted molar refractivity (Wildman–Crippen MR) is 108 cm³/mol. The van der Waals surface area contributed by atoms with Crippen LogP contribution in [0.25, 0.3) is 21.8 Å². The molecular formula is C20H21ClN4O. The topological polar surface area (TPSA) is 77.0 Å². The van der Waals surface area contributed by atoms with Crippen molar-refractivity contribution >= 4 is 40.0 Å². The first-order valence-corrected chi connectivity index (χ1v) is 8.48. The van der Waals surface area contributed by atoms with Crippen molar-refractivity contribution in [3.63, 3.8) is 0 Å². The highest BCUT2D eigenvalue weighted by molar-refractivity contribution is 6.09. The van der Waals surface area contributed by atoms with Crippen LogP contribution >= 0.6 is 12.4 Å². The quantitative estimate of drug-likeness (QED) is 0.568. The van der Waals surface area contributed by atoms with E-state index >= 15 is 0 Å². The summed E-state index contributed by atoms with van der Waals surface area (Å²) in [5.74, 6) is 0.610. The highest BCUT2D eigenvalue weighted by Crippen LogP contribution is 2.33. The van der Waals surface area contributed by atoms with Crippen molar-refractivity contribution in [2.75, 3.05) is 5.73 Å². The molecule has 134 valence electrons. The number of nitrogen functional groups attached to an aromatic ring is 1. The second-order valence-electron chi connectivity index (χ2n) is 6.23. The van der Waals surface area contributed by atoms with Gasteiger partial charge in [0.25, 0.3) is 0 Å². The van der Waals surface area contributed by atoms with E-state index in [2.05, 4.69) is 22.2 Å². The van der Waals surface area contributed by atoms with E-state index in [4.69, 9.17) is 5.73 Å². The molecule has 0 aliphatic heterocycles. The van der Waals surface area contributed by atoms with Crippen LogP contribution in [0.2, 0.25) is 0 Å². The molecule has 0 saturated carbocycles. The zero-order chi connectivity index (χ0) is 17.4. The van der Waals surface area contributed by atoms with Gasteiger partial charge in [0.1, 0.15) is 11.3 Å². The molecule has 4 rings (SSSR count). The number of rotatable bonds is 4. The number of nitrogens with zero attached hydrogens (tertiary/aromatic N) is 3. The largest absolute Gasteiger partial charge is 0.508 e. The van der Waals surface area contributed by atoms with E-state index in [9.17, 15) is 5.11 Å². The molecular weight excluding hydrogens is 348 g/mol. The van der Waals surface area contributed by atoms with Crippen molar-refractivity contribution in [1.29, 1.82) is 0 Å². The summed E-state index contributed by atoms with van der Waals surface area (Å²) in [6, 6.07) is 13.8. The third-order valence-corrected chi connectivity index (χ3v) is 4.55. The van der Waals surface area contributed by atoms with Crippen LogP contribution < -0.4 is 5.73 Å². The summed E-state index contributed by atoms with van der Waals surface area (Å²) < 4.78 is 1.87. The molecule has 26 heavy (non-hydrogen) atoms. The van der Waals surface area contributed by atoms with Crippen LogP contribution in [0.4, 0.5) is 5.82 Å². The number of aromatic hydroxyl groups is 1. The summed E-state index contributed by atoms with van der Waals surface area (Å²) >= 11 is 0. The summed E-state index contributed by atoms with van der Waals surface area (Å²) in [5.41, 5.74) is 9.85. The van der Waals surface area contributed by atoms with Crippen molar-refractivity contribution in [2.24, 2.45) is 0 Å². The van der Waals surface area contributed by atoms with E-state index in [1.54, 1.807) is 6.07 Å². The Balaban J connectivity index is 0.00000196. The van der Waals surface area contributed by atoms with Gasteiger partial charge in [-0.3, -0.25) is 4.68 Å². The minimum atomic E-state index is 0. The zero-order valence-corrected chi connectivity index (χ0v) is 15.3. The fraction of sp³-hybridized carbons (Fsp3) is 0.200. The number of hydrogen-bond acceptors (Lipinski definition) is 4. The molecule has 2 aromatic heterocycles. The van der Waals surface area contributed by atoms with Crippen LogP contribution in [0.3, 0.4) is 0 Å². The maximum Gasteiger partial charge on any atom is 0.152 e. The number of hydrogen-bond donors (Lipinski definition) is 2. The molecule has 0 fully saturated rings. The number of fused-ring (bicyclic) bond motifs is 3. The second-order valence-corrected chi connectivity index (χ2v) is 6.23. The molecule has 3 N–H and O–H groups in total. The summed E-state index contributed by atoms with van der Waals surface area (Å²) in [7, 11) is 0. The van der Waals surface area contributed by atoms with Crippen molar-refractivity contribution in [3.05, 3.63) is 59.8 Å². The Morgan fingerprint density at radius 1 is 1.12 bits per heavy atom. The minimum Gasteiger partial charge on any atom is -0.508 e. The number of phenols is 1. The number of pyridine rings is 1. The average molecular weight is 369 g/mol. The Kier molecular flexibility index (Phi) is 5.00. The SMILES string of the molecule is CCn1cc2c(n1)c(N)nc1cc(O)cc(CCc3ccccc3)c12.Cl. The van der Waals surface area contributed by atoms with Crippen LogP contribution in [0, 0.1) is 0 Å². The average Bonchev–Trinajstić information content (AvgIpc) is 3.05. The first-order chi connectivity index (χ1) is 12.2. The fourth-order valence-corrected chi connectivity index (χ4v) is 3.33. The Labute approximate surface area is 157 Å². The van der Waals surface area contributed by atoms with Crippen LogP contribution in [-0.2, 0) is 19.4 Å². The van der Waals surface area contributed by atoms with Crippen LogP contribution in [0.15, 0.2) is 48.7 Å². The standard InChI is InChI=1S/C20H20N4O.ClH/c1-2-24-12-16-18-14(9-8-13-6-4-3-5-7-13)10-15(25)11-17(18)22-20(21)19(16)23-24;/h3-7,10-12,25H,2,8-9H2,1H3,(H2,21,22);1H. The molecule has 0 bridgehead atoms. The molecule has 0 saturated heterocycles. The van der Waals surface area contributed by atoms with Crippen LogP contribution in [-0.4, -0.2) is 19.9 Å². The number of aryl methyl sites for hydroxylation is 3. The predicted octanol–water partition coefficient (Wildman–Crippen LogP) is 4.10. The summed E-state index contributed by atoms with van der Waals surface area (Å²) in [4.78, 5) is 4.47. The van der Waals surface area contributed by atoms with Gasteiger partial charge in [0.05, 0.1) is 5.52 Å². The molecule has 4 aromatic rings. The fourth-order valence-electron chi connectivity index (χ4n) is 3.33. The number of nitrogens with two attached hydrogens (primary N) is 1. The third kappa shape index (κ3) is 3.18. The van der Waals surface area contributed by atoms with Gasteiger partial charge in [0.2, 0.25) is 0 Å². The van der Waals surface area contributed by atoms with E-state index < -0.39 is 0 Å². The molecule has 0 aliphatic rings. The lowest BCUT2D eigenvalue weighted by atomic mass is 9.98.